The lowest BCUT2D eigenvalue weighted by Crippen LogP contribution is -2.50. The molecule has 18 heavy (non-hydrogen) atoms. The molecule has 0 bridgehead atoms. The molecular formula is C14H26N2O2. The summed E-state index contributed by atoms with van der Waals surface area (Å²) in [4.78, 5) is 2.62. The normalized spacial score (nSPS) is 38.3. The number of fused-ring (bicyclic) bond motifs is 1. The zero-order valence-electron chi connectivity index (χ0n) is 11.3. The second-order valence-corrected chi connectivity index (χ2v) is 5.89. The molecule has 0 amide bonds. The van der Waals surface area contributed by atoms with E-state index in [1.165, 1.54) is 32.2 Å². The molecule has 3 heterocycles. The maximum atomic E-state index is 5.98. The zero-order valence-corrected chi connectivity index (χ0v) is 11.3. The van der Waals surface area contributed by atoms with Crippen molar-refractivity contribution in [2.45, 2.75) is 50.3 Å². The molecule has 0 radical (unpaired) electrons. The lowest BCUT2D eigenvalue weighted by Gasteiger charge is -2.35. The van der Waals surface area contributed by atoms with Gasteiger partial charge in [0, 0.05) is 38.4 Å². The molecule has 4 nitrogen and oxygen atoms in total. The summed E-state index contributed by atoms with van der Waals surface area (Å²) in [6.07, 6.45) is 6.67. The predicted molar refractivity (Wildman–Crippen MR) is 70.8 cm³/mol. The largest absolute Gasteiger partial charge is 0.381 e. The minimum Gasteiger partial charge on any atom is -0.381 e. The minimum atomic E-state index is 0.392. The number of ether oxygens (including phenoxy) is 2. The number of nitrogens with one attached hydrogen (secondary N) is 1. The summed E-state index contributed by atoms with van der Waals surface area (Å²) in [6.45, 7) is 6.21. The van der Waals surface area contributed by atoms with Crippen molar-refractivity contribution in [3.05, 3.63) is 0 Å². The molecule has 0 aromatic carbocycles. The van der Waals surface area contributed by atoms with Crippen molar-refractivity contribution >= 4 is 0 Å². The summed E-state index contributed by atoms with van der Waals surface area (Å²) >= 11 is 0. The van der Waals surface area contributed by atoms with Crippen LogP contribution in [0.5, 0.6) is 0 Å². The second kappa shape index (κ2) is 6.33. The van der Waals surface area contributed by atoms with E-state index in [-0.39, 0.29) is 0 Å². The molecule has 0 spiro atoms. The highest BCUT2D eigenvalue weighted by Gasteiger charge is 2.32. The number of hydrogen-bond donors (Lipinski definition) is 1. The first kappa shape index (κ1) is 12.9. The van der Waals surface area contributed by atoms with Gasteiger partial charge in [0.15, 0.2) is 0 Å². The molecular weight excluding hydrogens is 228 g/mol. The average Bonchev–Trinajstić information content (AvgIpc) is 2.70. The topological polar surface area (TPSA) is 33.7 Å². The Morgan fingerprint density at radius 2 is 2.11 bits per heavy atom. The SMILES string of the molecule is C1COCCC(NCC2CN3CCCC3CO2)C1. The molecule has 3 fully saturated rings. The van der Waals surface area contributed by atoms with Gasteiger partial charge >= 0.3 is 0 Å². The Morgan fingerprint density at radius 3 is 3.11 bits per heavy atom. The molecule has 1 N–H and O–H groups in total. The van der Waals surface area contributed by atoms with Crippen LogP contribution in [-0.2, 0) is 9.47 Å². The van der Waals surface area contributed by atoms with Crippen LogP contribution in [0.15, 0.2) is 0 Å². The van der Waals surface area contributed by atoms with Gasteiger partial charge in [0.25, 0.3) is 0 Å². The first-order valence-electron chi connectivity index (χ1n) is 7.58. The molecule has 3 saturated heterocycles. The third kappa shape index (κ3) is 3.23. The minimum absolute atomic E-state index is 0.392. The maximum absolute atomic E-state index is 5.98. The van der Waals surface area contributed by atoms with Crippen LogP contribution in [0.3, 0.4) is 0 Å². The number of nitrogens with zero attached hydrogens (tertiary/aromatic N) is 1. The summed E-state index contributed by atoms with van der Waals surface area (Å²) in [5.41, 5.74) is 0. The Morgan fingerprint density at radius 1 is 1.11 bits per heavy atom. The second-order valence-electron chi connectivity index (χ2n) is 5.89. The average molecular weight is 254 g/mol. The van der Waals surface area contributed by atoms with Gasteiger partial charge in [-0.2, -0.15) is 0 Å². The van der Waals surface area contributed by atoms with Crippen LogP contribution in [-0.4, -0.2) is 62.5 Å². The van der Waals surface area contributed by atoms with Crippen molar-refractivity contribution in [2.75, 3.05) is 39.5 Å². The Kier molecular flexibility index (Phi) is 4.52. The van der Waals surface area contributed by atoms with Gasteiger partial charge in [-0.05, 0) is 38.6 Å². The van der Waals surface area contributed by atoms with Crippen molar-refractivity contribution in [1.82, 2.24) is 10.2 Å². The molecule has 3 atom stereocenters. The number of rotatable bonds is 3. The van der Waals surface area contributed by atoms with E-state index in [2.05, 4.69) is 10.2 Å². The first-order chi connectivity index (χ1) is 8.92. The summed E-state index contributed by atoms with van der Waals surface area (Å²) in [5.74, 6) is 0. The van der Waals surface area contributed by atoms with E-state index in [1.807, 2.05) is 0 Å². The van der Waals surface area contributed by atoms with Crippen LogP contribution in [0.2, 0.25) is 0 Å². The fourth-order valence-corrected chi connectivity index (χ4v) is 3.42. The van der Waals surface area contributed by atoms with Crippen LogP contribution in [0.4, 0.5) is 0 Å². The highest BCUT2D eigenvalue weighted by molar-refractivity contribution is 4.86. The van der Waals surface area contributed by atoms with Gasteiger partial charge in [0.2, 0.25) is 0 Å². The van der Waals surface area contributed by atoms with Gasteiger partial charge in [-0.3, -0.25) is 4.90 Å². The van der Waals surface area contributed by atoms with Gasteiger partial charge in [0.1, 0.15) is 0 Å². The summed E-state index contributed by atoms with van der Waals surface area (Å²) in [6, 6.07) is 1.35. The van der Waals surface area contributed by atoms with Crippen molar-refractivity contribution in [3.8, 4) is 0 Å². The fraction of sp³-hybridized carbons (Fsp3) is 1.00. The lowest BCUT2D eigenvalue weighted by atomic mass is 10.1. The van der Waals surface area contributed by atoms with Crippen molar-refractivity contribution in [1.29, 1.82) is 0 Å². The van der Waals surface area contributed by atoms with Gasteiger partial charge in [0.05, 0.1) is 12.7 Å². The van der Waals surface area contributed by atoms with Crippen molar-refractivity contribution in [2.24, 2.45) is 0 Å². The van der Waals surface area contributed by atoms with Crippen LogP contribution < -0.4 is 5.32 Å². The van der Waals surface area contributed by atoms with Gasteiger partial charge in [-0.15, -0.1) is 0 Å². The van der Waals surface area contributed by atoms with E-state index < -0.39 is 0 Å². The van der Waals surface area contributed by atoms with E-state index in [0.717, 1.165) is 39.3 Å². The fourth-order valence-electron chi connectivity index (χ4n) is 3.42. The van der Waals surface area contributed by atoms with E-state index in [9.17, 15) is 0 Å². The first-order valence-corrected chi connectivity index (χ1v) is 7.58. The maximum Gasteiger partial charge on any atom is 0.0827 e. The quantitative estimate of drug-likeness (QED) is 0.815. The summed E-state index contributed by atoms with van der Waals surface area (Å²) < 4.78 is 11.5. The van der Waals surface area contributed by atoms with E-state index in [4.69, 9.17) is 9.47 Å². The zero-order chi connectivity index (χ0) is 12.2. The summed E-state index contributed by atoms with van der Waals surface area (Å²) in [7, 11) is 0. The monoisotopic (exact) mass is 254 g/mol. The lowest BCUT2D eigenvalue weighted by molar-refractivity contribution is -0.0480. The highest BCUT2D eigenvalue weighted by atomic mass is 16.5. The van der Waals surface area contributed by atoms with Crippen LogP contribution in [0, 0.1) is 0 Å². The molecule has 3 aliphatic rings. The molecule has 0 saturated carbocycles. The molecule has 3 aliphatic heterocycles. The Hall–Kier alpha value is -0.160. The Bertz CT molecular complexity index is 254. The van der Waals surface area contributed by atoms with E-state index >= 15 is 0 Å². The van der Waals surface area contributed by atoms with Gasteiger partial charge < -0.3 is 14.8 Å². The predicted octanol–water partition coefficient (Wildman–Crippen LogP) is 1.01. The smallest absolute Gasteiger partial charge is 0.0827 e. The molecule has 0 aromatic rings. The molecule has 3 rings (SSSR count). The van der Waals surface area contributed by atoms with Crippen LogP contribution >= 0.6 is 0 Å². The molecule has 0 aromatic heterocycles. The van der Waals surface area contributed by atoms with E-state index in [1.54, 1.807) is 0 Å². The van der Waals surface area contributed by atoms with Crippen LogP contribution in [0.25, 0.3) is 0 Å². The van der Waals surface area contributed by atoms with Crippen LogP contribution in [0.1, 0.15) is 32.1 Å². The molecule has 104 valence electrons. The van der Waals surface area contributed by atoms with Gasteiger partial charge in [-0.1, -0.05) is 0 Å². The molecule has 0 aliphatic carbocycles. The number of hydrogen-bond acceptors (Lipinski definition) is 4. The summed E-state index contributed by atoms with van der Waals surface area (Å²) in [5, 5.41) is 3.68. The molecule has 4 heteroatoms. The van der Waals surface area contributed by atoms with Crippen molar-refractivity contribution in [3.63, 3.8) is 0 Å². The Labute approximate surface area is 110 Å². The third-order valence-corrected chi connectivity index (χ3v) is 4.55. The van der Waals surface area contributed by atoms with Gasteiger partial charge in [-0.25, -0.2) is 0 Å². The number of morpholine rings is 1. The highest BCUT2D eigenvalue weighted by Crippen LogP contribution is 2.22. The molecule has 3 unspecified atom stereocenters. The van der Waals surface area contributed by atoms with Crippen molar-refractivity contribution < 1.29 is 9.47 Å². The van der Waals surface area contributed by atoms with E-state index in [0.29, 0.717) is 18.2 Å². The third-order valence-electron chi connectivity index (χ3n) is 4.55. The standard InChI is InChI=1S/C14H26N2O2/c1-4-13-11-18-14(10-16(13)6-1)9-15-12-3-2-7-17-8-5-12/h12-15H,1-11H2. The Balaban J connectivity index is 1.40.